The van der Waals surface area contributed by atoms with Crippen LogP contribution in [0, 0.1) is 0 Å². The van der Waals surface area contributed by atoms with Gasteiger partial charge in [0.15, 0.2) is 5.11 Å². The summed E-state index contributed by atoms with van der Waals surface area (Å²) >= 11 is 5.20. The Balaban J connectivity index is 1.38. The molecule has 0 saturated carbocycles. The molecule has 0 saturated heterocycles. The van der Waals surface area contributed by atoms with E-state index in [9.17, 15) is 4.79 Å². The molecule has 0 aliphatic rings. The number of rotatable bonds is 8. The zero-order valence-electron chi connectivity index (χ0n) is 16.2. The first-order chi connectivity index (χ1) is 14.7. The van der Waals surface area contributed by atoms with E-state index in [-0.39, 0.29) is 0 Å². The first-order valence-electron chi connectivity index (χ1n) is 9.33. The molecule has 2 N–H and O–H groups in total. The largest absolute Gasteiger partial charge is 0.465 e. The Morgan fingerprint density at radius 1 is 1.07 bits per heavy atom. The zero-order valence-corrected chi connectivity index (χ0v) is 17.0. The van der Waals surface area contributed by atoms with Crippen molar-refractivity contribution in [2.24, 2.45) is 5.10 Å². The van der Waals surface area contributed by atoms with E-state index in [2.05, 4.69) is 28.0 Å². The van der Waals surface area contributed by atoms with E-state index in [1.54, 1.807) is 48.7 Å². The van der Waals surface area contributed by atoms with Crippen molar-refractivity contribution >= 4 is 35.6 Å². The Hall–Kier alpha value is -3.71. The van der Waals surface area contributed by atoms with Gasteiger partial charge in [-0.1, -0.05) is 30.3 Å². The summed E-state index contributed by atoms with van der Waals surface area (Å²) in [5.41, 5.74) is 4.86. The molecule has 1 heterocycles. The molecule has 0 atom stereocenters. The normalized spacial score (nSPS) is 10.9. The molecule has 7 heteroatoms. The summed E-state index contributed by atoms with van der Waals surface area (Å²) in [5, 5.41) is 7.67. The number of ether oxygens (including phenoxy) is 1. The maximum Gasteiger partial charge on any atom is 0.336 e. The standard InChI is InChI=1S/C23H21N3O3S/c27-22(13-12-20-7-4-16-28-20)29-21-10-8-19(9-11-21)17-25-26-23(30)24-15-14-18-5-2-1-3-6-18/h1-13,16-17H,14-15H2,(H2,24,26,30)/b13-12+,25-17+. The lowest BCUT2D eigenvalue weighted by Gasteiger charge is -2.06. The third-order valence-electron chi connectivity index (χ3n) is 3.95. The van der Waals surface area contributed by atoms with Gasteiger partial charge in [-0.25, -0.2) is 4.79 Å². The number of nitrogens with zero attached hydrogens (tertiary/aromatic N) is 1. The van der Waals surface area contributed by atoms with Crippen molar-refractivity contribution in [2.45, 2.75) is 6.42 Å². The maximum atomic E-state index is 11.8. The molecule has 3 aromatic rings. The van der Waals surface area contributed by atoms with Crippen LogP contribution in [-0.4, -0.2) is 23.8 Å². The van der Waals surface area contributed by atoms with Gasteiger partial charge < -0.3 is 14.5 Å². The molecular formula is C23H21N3O3S. The van der Waals surface area contributed by atoms with Crippen LogP contribution in [0.2, 0.25) is 0 Å². The third kappa shape index (κ3) is 7.37. The van der Waals surface area contributed by atoms with Crippen molar-refractivity contribution in [1.82, 2.24) is 10.7 Å². The number of hydrogen-bond donors (Lipinski definition) is 2. The average Bonchev–Trinajstić information content (AvgIpc) is 3.28. The zero-order chi connectivity index (χ0) is 21.0. The molecular weight excluding hydrogens is 398 g/mol. The predicted molar refractivity (Wildman–Crippen MR) is 121 cm³/mol. The second-order valence-electron chi connectivity index (χ2n) is 6.20. The molecule has 0 fully saturated rings. The van der Waals surface area contributed by atoms with Gasteiger partial charge in [-0.3, -0.25) is 5.43 Å². The fourth-order valence-electron chi connectivity index (χ4n) is 2.48. The fraction of sp³-hybridized carbons (Fsp3) is 0.0870. The van der Waals surface area contributed by atoms with E-state index in [0.717, 1.165) is 18.5 Å². The molecule has 0 aliphatic carbocycles. The van der Waals surface area contributed by atoms with Gasteiger partial charge in [0.1, 0.15) is 11.5 Å². The van der Waals surface area contributed by atoms with Crippen LogP contribution in [-0.2, 0) is 11.2 Å². The number of furan rings is 1. The second kappa shape index (κ2) is 11.3. The van der Waals surface area contributed by atoms with Gasteiger partial charge in [-0.05, 0) is 72.2 Å². The molecule has 0 amide bonds. The first-order valence-corrected chi connectivity index (χ1v) is 9.74. The summed E-state index contributed by atoms with van der Waals surface area (Å²) in [6.45, 7) is 0.722. The number of nitrogens with one attached hydrogen (secondary N) is 2. The first kappa shape index (κ1) is 21.0. The monoisotopic (exact) mass is 419 g/mol. The quantitative estimate of drug-likeness (QED) is 0.144. The van der Waals surface area contributed by atoms with Gasteiger partial charge in [0.25, 0.3) is 0 Å². The van der Waals surface area contributed by atoms with Crippen LogP contribution in [0.5, 0.6) is 5.75 Å². The number of esters is 1. The van der Waals surface area contributed by atoms with Gasteiger partial charge in [0.2, 0.25) is 0 Å². The highest BCUT2D eigenvalue weighted by molar-refractivity contribution is 7.80. The number of carbonyl (C=O) groups excluding carboxylic acids is 1. The minimum absolute atomic E-state index is 0.437. The molecule has 0 unspecified atom stereocenters. The molecule has 0 radical (unpaired) electrons. The number of hydrogen-bond acceptors (Lipinski definition) is 5. The highest BCUT2D eigenvalue weighted by Gasteiger charge is 2.01. The van der Waals surface area contributed by atoms with E-state index in [1.165, 1.54) is 17.9 Å². The summed E-state index contributed by atoms with van der Waals surface area (Å²) < 4.78 is 10.4. The molecule has 0 spiro atoms. The van der Waals surface area contributed by atoms with Crippen LogP contribution < -0.4 is 15.5 Å². The average molecular weight is 420 g/mol. The van der Waals surface area contributed by atoms with E-state index < -0.39 is 5.97 Å². The topological polar surface area (TPSA) is 75.9 Å². The van der Waals surface area contributed by atoms with Crippen LogP contribution in [0.15, 0.2) is 88.6 Å². The maximum absolute atomic E-state index is 11.8. The van der Waals surface area contributed by atoms with Gasteiger partial charge >= 0.3 is 5.97 Å². The molecule has 0 aliphatic heterocycles. The van der Waals surface area contributed by atoms with E-state index in [4.69, 9.17) is 21.4 Å². The van der Waals surface area contributed by atoms with E-state index in [1.807, 2.05) is 18.2 Å². The van der Waals surface area contributed by atoms with Crippen LogP contribution in [0.25, 0.3) is 6.08 Å². The lowest BCUT2D eigenvalue weighted by molar-refractivity contribution is -0.128. The van der Waals surface area contributed by atoms with Gasteiger partial charge in [-0.2, -0.15) is 5.10 Å². The predicted octanol–water partition coefficient (Wildman–Crippen LogP) is 3.94. The Bertz CT molecular complexity index is 998. The Kier molecular flexibility index (Phi) is 7.93. The molecule has 30 heavy (non-hydrogen) atoms. The highest BCUT2D eigenvalue weighted by atomic mass is 32.1. The lowest BCUT2D eigenvalue weighted by Crippen LogP contribution is -2.33. The minimum atomic E-state index is -0.485. The Morgan fingerprint density at radius 3 is 2.60 bits per heavy atom. The highest BCUT2D eigenvalue weighted by Crippen LogP contribution is 2.12. The van der Waals surface area contributed by atoms with Crippen LogP contribution in [0.1, 0.15) is 16.9 Å². The second-order valence-corrected chi connectivity index (χ2v) is 6.61. The molecule has 1 aromatic heterocycles. The van der Waals surface area contributed by atoms with E-state index >= 15 is 0 Å². The van der Waals surface area contributed by atoms with Gasteiger partial charge in [0.05, 0.1) is 12.5 Å². The number of carbonyl (C=O) groups is 1. The molecule has 0 bridgehead atoms. The number of benzene rings is 2. The number of hydrazone groups is 1. The van der Waals surface area contributed by atoms with Crippen molar-refractivity contribution < 1.29 is 13.9 Å². The molecule has 3 rings (SSSR count). The van der Waals surface area contributed by atoms with E-state index in [0.29, 0.717) is 16.6 Å². The molecule has 6 nitrogen and oxygen atoms in total. The molecule has 2 aromatic carbocycles. The van der Waals surface area contributed by atoms with Gasteiger partial charge in [-0.15, -0.1) is 0 Å². The smallest absolute Gasteiger partial charge is 0.336 e. The van der Waals surface area contributed by atoms with Crippen LogP contribution >= 0.6 is 12.2 Å². The Labute approximate surface area is 180 Å². The summed E-state index contributed by atoms with van der Waals surface area (Å²) in [5.74, 6) is 0.534. The summed E-state index contributed by atoms with van der Waals surface area (Å²) in [7, 11) is 0. The minimum Gasteiger partial charge on any atom is -0.465 e. The summed E-state index contributed by atoms with van der Waals surface area (Å²) in [6, 6.07) is 20.6. The van der Waals surface area contributed by atoms with Crippen molar-refractivity contribution in [2.75, 3.05) is 6.54 Å². The van der Waals surface area contributed by atoms with Crippen molar-refractivity contribution in [3.05, 3.63) is 96.0 Å². The Morgan fingerprint density at radius 2 is 1.87 bits per heavy atom. The lowest BCUT2D eigenvalue weighted by atomic mass is 10.1. The summed E-state index contributed by atoms with van der Waals surface area (Å²) in [4.78, 5) is 11.8. The van der Waals surface area contributed by atoms with Crippen molar-refractivity contribution in [3.8, 4) is 5.75 Å². The van der Waals surface area contributed by atoms with Crippen LogP contribution in [0.3, 0.4) is 0 Å². The third-order valence-corrected chi connectivity index (χ3v) is 4.18. The molecule has 152 valence electrons. The van der Waals surface area contributed by atoms with Gasteiger partial charge in [0, 0.05) is 12.6 Å². The van der Waals surface area contributed by atoms with Crippen molar-refractivity contribution in [3.63, 3.8) is 0 Å². The van der Waals surface area contributed by atoms with Crippen LogP contribution in [0.4, 0.5) is 0 Å². The SMILES string of the molecule is O=C(/C=C/c1ccco1)Oc1ccc(/C=N/NC(=S)NCCc2ccccc2)cc1. The summed E-state index contributed by atoms with van der Waals surface area (Å²) in [6.07, 6.45) is 6.90. The van der Waals surface area contributed by atoms with Crippen molar-refractivity contribution in [1.29, 1.82) is 0 Å². The fourth-order valence-corrected chi connectivity index (χ4v) is 2.63. The number of thiocarbonyl (C=S) groups is 1.